The molecule has 1 aromatic rings. The molecule has 1 aromatic heterocycles. The van der Waals surface area contributed by atoms with Gasteiger partial charge in [0, 0.05) is 18.2 Å². The van der Waals surface area contributed by atoms with Crippen LogP contribution in [0.3, 0.4) is 0 Å². The fourth-order valence-electron chi connectivity index (χ4n) is 2.42. The fraction of sp³-hybridized carbons (Fsp3) is 0.571. The van der Waals surface area contributed by atoms with Crippen molar-refractivity contribution >= 4 is 5.57 Å². The molecule has 0 aliphatic heterocycles. The van der Waals surface area contributed by atoms with E-state index in [4.69, 9.17) is 0 Å². The smallest absolute Gasteiger partial charge is 0.254 e. The summed E-state index contributed by atoms with van der Waals surface area (Å²) in [6.45, 7) is 5.04. The summed E-state index contributed by atoms with van der Waals surface area (Å²) in [7, 11) is 0. The molecule has 0 amide bonds. The Bertz CT molecular complexity index is 520. The van der Waals surface area contributed by atoms with Crippen LogP contribution in [0.1, 0.15) is 31.5 Å². The molecule has 3 N–H and O–H groups in total. The molecule has 1 heterocycles. The zero-order chi connectivity index (χ0) is 13.8. The van der Waals surface area contributed by atoms with Crippen LogP contribution >= 0.6 is 0 Å². The summed E-state index contributed by atoms with van der Waals surface area (Å²) >= 11 is 0. The number of aliphatic hydroxyl groups excluding tert-OH is 1. The summed E-state index contributed by atoms with van der Waals surface area (Å²) in [5, 5.41) is 12.7. The highest BCUT2D eigenvalue weighted by Gasteiger charge is 2.19. The van der Waals surface area contributed by atoms with Gasteiger partial charge >= 0.3 is 0 Å². The lowest BCUT2D eigenvalue weighted by Gasteiger charge is -2.18. The van der Waals surface area contributed by atoms with Crippen LogP contribution in [0.15, 0.2) is 17.2 Å². The molecule has 1 aliphatic carbocycles. The zero-order valence-corrected chi connectivity index (χ0v) is 11.4. The Kier molecular flexibility index (Phi) is 4.50. The van der Waals surface area contributed by atoms with Gasteiger partial charge in [-0.3, -0.25) is 4.79 Å². The van der Waals surface area contributed by atoms with E-state index in [-0.39, 0.29) is 18.2 Å². The van der Waals surface area contributed by atoms with Crippen LogP contribution in [0.4, 0.5) is 0 Å². The maximum atomic E-state index is 11.6. The number of aromatic amines is 1. The number of hydrogen-bond donors (Lipinski definition) is 3. The van der Waals surface area contributed by atoms with Crippen molar-refractivity contribution in [3.05, 3.63) is 34.0 Å². The second-order valence-corrected chi connectivity index (χ2v) is 5.38. The van der Waals surface area contributed by atoms with Gasteiger partial charge in [-0.1, -0.05) is 19.9 Å². The Morgan fingerprint density at radius 1 is 1.53 bits per heavy atom. The van der Waals surface area contributed by atoms with Gasteiger partial charge in [0.1, 0.15) is 0 Å². The van der Waals surface area contributed by atoms with E-state index >= 15 is 0 Å². The van der Waals surface area contributed by atoms with Crippen molar-refractivity contribution in [1.82, 2.24) is 15.3 Å². The van der Waals surface area contributed by atoms with Crippen LogP contribution < -0.4 is 10.9 Å². The van der Waals surface area contributed by atoms with Gasteiger partial charge < -0.3 is 15.4 Å². The predicted octanol–water partition coefficient (Wildman–Crippen LogP) is 0.706. The Morgan fingerprint density at radius 2 is 2.32 bits per heavy atom. The van der Waals surface area contributed by atoms with Gasteiger partial charge in [-0.25, -0.2) is 4.98 Å². The molecule has 0 spiro atoms. The number of aromatic nitrogens is 2. The van der Waals surface area contributed by atoms with Crippen molar-refractivity contribution in [2.75, 3.05) is 13.2 Å². The number of rotatable bonds is 6. The van der Waals surface area contributed by atoms with Crippen LogP contribution in [0.2, 0.25) is 0 Å². The minimum Gasteiger partial charge on any atom is -0.395 e. The standard InChI is InChI=1S/C14H21N3O2/c1-9(2)5-11(7-18)15-6-10-3-4-12-13(10)16-8-17-14(12)19/h3,8-9,11,15,18H,4-7H2,1-2H3,(H,16,17,19)/t11-/m1/s1. The summed E-state index contributed by atoms with van der Waals surface area (Å²) in [5.41, 5.74) is 2.52. The van der Waals surface area contributed by atoms with E-state index < -0.39 is 0 Å². The molecular formula is C14H21N3O2. The van der Waals surface area contributed by atoms with E-state index in [1.165, 1.54) is 6.33 Å². The molecule has 19 heavy (non-hydrogen) atoms. The fourth-order valence-corrected chi connectivity index (χ4v) is 2.42. The van der Waals surface area contributed by atoms with E-state index in [9.17, 15) is 9.90 Å². The number of hydrogen-bond acceptors (Lipinski definition) is 4. The molecule has 5 heteroatoms. The quantitative estimate of drug-likeness (QED) is 0.706. The molecule has 0 unspecified atom stereocenters. The molecule has 0 bridgehead atoms. The minimum absolute atomic E-state index is 0.0582. The first-order valence-electron chi connectivity index (χ1n) is 6.72. The summed E-state index contributed by atoms with van der Waals surface area (Å²) in [4.78, 5) is 18.4. The van der Waals surface area contributed by atoms with Crippen molar-refractivity contribution in [3.8, 4) is 0 Å². The van der Waals surface area contributed by atoms with Gasteiger partial charge in [-0.15, -0.1) is 0 Å². The van der Waals surface area contributed by atoms with E-state index in [0.717, 1.165) is 23.3 Å². The van der Waals surface area contributed by atoms with E-state index in [1.807, 2.05) is 6.08 Å². The minimum atomic E-state index is -0.0582. The number of aliphatic hydroxyl groups is 1. The van der Waals surface area contributed by atoms with Gasteiger partial charge in [0.25, 0.3) is 5.56 Å². The second kappa shape index (κ2) is 6.12. The van der Waals surface area contributed by atoms with Crippen LogP contribution in [0.5, 0.6) is 0 Å². The molecule has 2 rings (SSSR count). The zero-order valence-electron chi connectivity index (χ0n) is 11.4. The lowest BCUT2D eigenvalue weighted by Crippen LogP contribution is -2.34. The third-order valence-electron chi connectivity index (χ3n) is 3.36. The van der Waals surface area contributed by atoms with E-state index in [2.05, 4.69) is 29.1 Å². The molecule has 104 valence electrons. The first-order valence-corrected chi connectivity index (χ1v) is 6.72. The van der Waals surface area contributed by atoms with Crippen LogP contribution in [0, 0.1) is 5.92 Å². The second-order valence-electron chi connectivity index (χ2n) is 5.38. The maximum absolute atomic E-state index is 11.6. The van der Waals surface area contributed by atoms with Crippen molar-refractivity contribution in [2.24, 2.45) is 5.92 Å². The SMILES string of the molecule is CC(C)C[C@H](CO)NCC1=CCc2c1nc[nH]c2=O. The van der Waals surface area contributed by atoms with Gasteiger partial charge in [0.05, 0.1) is 18.6 Å². The Balaban J connectivity index is 1.99. The molecule has 1 aliphatic rings. The van der Waals surface area contributed by atoms with Gasteiger partial charge in [0.2, 0.25) is 0 Å². The van der Waals surface area contributed by atoms with Crippen LogP contribution in [-0.4, -0.2) is 34.3 Å². The third-order valence-corrected chi connectivity index (χ3v) is 3.36. The molecular weight excluding hydrogens is 242 g/mol. The first kappa shape index (κ1) is 14.0. The van der Waals surface area contributed by atoms with E-state index in [1.54, 1.807) is 0 Å². The highest BCUT2D eigenvalue weighted by Crippen LogP contribution is 2.21. The molecule has 5 nitrogen and oxygen atoms in total. The van der Waals surface area contributed by atoms with Gasteiger partial charge in [-0.05, 0) is 24.3 Å². The number of allylic oxidation sites excluding steroid dienone is 1. The Hall–Kier alpha value is -1.46. The lowest BCUT2D eigenvalue weighted by molar-refractivity contribution is 0.228. The molecule has 0 radical (unpaired) electrons. The summed E-state index contributed by atoms with van der Waals surface area (Å²) in [6, 6.07) is 0.0898. The predicted molar refractivity (Wildman–Crippen MR) is 74.9 cm³/mol. The monoisotopic (exact) mass is 263 g/mol. The lowest BCUT2D eigenvalue weighted by atomic mass is 10.0. The third kappa shape index (κ3) is 3.30. The average molecular weight is 263 g/mol. The molecule has 1 atom stereocenters. The van der Waals surface area contributed by atoms with Crippen molar-refractivity contribution in [2.45, 2.75) is 32.7 Å². The summed E-state index contributed by atoms with van der Waals surface area (Å²) in [6.07, 6.45) is 5.05. The highest BCUT2D eigenvalue weighted by molar-refractivity contribution is 5.70. The number of nitrogens with one attached hydrogen (secondary N) is 2. The average Bonchev–Trinajstić information content (AvgIpc) is 2.79. The highest BCUT2D eigenvalue weighted by atomic mass is 16.3. The molecule has 0 aromatic carbocycles. The first-order chi connectivity index (χ1) is 9.11. The van der Waals surface area contributed by atoms with Crippen molar-refractivity contribution in [3.63, 3.8) is 0 Å². The number of nitrogens with zero attached hydrogens (tertiary/aromatic N) is 1. The van der Waals surface area contributed by atoms with Crippen LogP contribution in [-0.2, 0) is 6.42 Å². The van der Waals surface area contributed by atoms with E-state index in [0.29, 0.717) is 18.9 Å². The van der Waals surface area contributed by atoms with Crippen molar-refractivity contribution < 1.29 is 5.11 Å². The van der Waals surface area contributed by atoms with Gasteiger partial charge in [0.15, 0.2) is 0 Å². The normalized spacial score (nSPS) is 15.5. The van der Waals surface area contributed by atoms with Crippen LogP contribution in [0.25, 0.3) is 5.57 Å². The Labute approximate surface area is 112 Å². The topological polar surface area (TPSA) is 78.0 Å². The van der Waals surface area contributed by atoms with Gasteiger partial charge in [-0.2, -0.15) is 0 Å². The largest absolute Gasteiger partial charge is 0.395 e. The molecule has 0 saturated heterocycles. The molecule has 0 fully saturated rings. The maximum Gasteiger partial charge on any atom is 0.254 e. The molecule has 0 saturated carbocycles. The Morgan fingerprint density at radius 3 is 3.00 bits per heavy atom. The summed E-state index contributed by atoms with van der Waals surface area (Å²) in [5.74, 6) is 0.537. The number of H-pyrrole nitrogens is 1. The number of fused-ring (bicyclic) bond motifs is 1. The van der Waals surface area contributed by atoms with Crippen molar-refractivity contribution in [1.29, 1.82) is 0 Å². The summed E-state index contributed by atoms with van der Waals surface area (Å²) < 4.78 is 0.